The van der Waals surface area contributed by atoms with Gasteiger partial charge in [-0.15, -0.1) is 0 Å². The minimum Gasteiger partial charge on any atom is -0.478 e. The molecule has 3 aromatic rings. The van der Waals surface area contributed by atoms with E-state index in [-0.39, 0.29) is 0 Å². The third-order valence-corrected chi connectivity index (χ3v) is 5.34. The Labute approximate surface area is 227 Å². The van der Waals surface area contributed by atoms with Gasteiger partial charge in [0, 0.05) is 0 Å². The van der Waals surface area contributed by atoms with Crippen molar-refractivity contribution in [3.05, 3.63) is 79.6 Å². The van der Waals surface area contributed by atoms with Crippen LogP contribution in [0.15, 0.2) is 0 Å². The number of hydrogen-bond donors (Lipinski definition) is 4. The number of ether oxygens (including phenoxy) is 2. The molecule has 20 heteroatoms. The zero-order valence-electron chi connectivity index (χ0n) is 19.0. The van der Waals surface area contributed by atoms with Gasteiger partial charge in [0.25, 0.3) is 0 Å². The predicted octanol–water partition coefficient (Wildman–Crippen LogP) is 5.97. The lowest BCUT2D eigenvalue weighted by molar-refractivity contribution is 0.0640. The summed E-state index contributed by atoms with van der Waals surface area (Å²) in [6.07, 6.45) is 0. The summed E-state index contributed by atoms with van der Waals surface area (Å²) in [5.74, 6) is -42.7. The van der Waals surface area contributed by atoms with E-state index >= 15 is 0 Å². The van der Waals surface area contributed by atoms with E-state index in [0.717, 1.165) is 0 Å². The molecule has 10 nitrogen and oxygen atoms in total. The zero-order valence-corrected chi connectivity index (χ0v) is 19.8. The highest BCUT2D eigenvalue weighted by atomic mass is 35.5. The molecule has 0 unspecified atom stereocenters. The Hall–Kier alpha value is -5.20. The molecule has 0 saturated heterocycles. The Kier molecular flexibility index (Phi) is 8.20. The first-order valence-corrected chi connectivity index (χ1v) is 10.3. The fraction of sp³-hybridized carbons (Fsp3) is 0. The number of carbonyl (C=O) groups is 4. The van der Waals surface area contributed by atoms with E-state index in [2.05, 4.69) is 9.47 Å². The molecule has 0 bridgehead atoms. The van der Waals surface area contributed by atoms with Gasteiger partial charge in [-0.2, -0.15) is 17.6 Å². The minimum atomic E-state index is -2.76. The lowest BCUT2D eigenvalue weighted by atomic mass is 10.0. The second-order valence-corrected chi connectivity index (χ2v) is 7.76. The van der Waals surface area contributed by atoms with Crippen molar-refractivity contribution in [3.8, 4) is 23.0 Å². The number of benzene rings is 3. The normalized spacial score (nSPS) is 10.9. The standard InChI is InChI=1S/C22H4ClF9O10/c23-5-10(28)18(42-17-9(27)4(22(39)40)2(20(35)36)7(25)12(17)30)14(32)13(31)15(5)41-16-8(26)3(21(37)38)1(19(33)34)6(24)11(16)29/h(H,33,34)(H,35,36)(H,37,38)(H,39,40). The second-order valence-electron chi connectivity index (χ2n) is 7.38. The molecule has 0 atom stereocenters. The van der Waals surface area contributed by atoms with Gasteiger partial charge in [-0.1, -0.05) is 11.6 Å². The second kappa shape index (κ2) is 11.0. The lowest BCUT2D eigenvalue weighted by Gasteiger charge is -2.17. The van der Waals surface area contributed by atoms with E-state index in [4.69, 9.17) is 32.0 Å². The molecule has 0 heterocycles. The highest BCUT2D eigenvalue weighted by Crippen LogP contribution is 2.45. The first kappa shape index (κ1) is 31.3. The highest BCUT2D eigenvalue weighted by Gasteiger charge is 2.38. The van der Waals surface area contributed by atoms with Crippen molar-refractivity contribution >= 4 is 35.5 Å². The van der Waals surface area contributed by atoms with Gasteiger partial charge in [0.05, 0.1) is 0 Å². The van der Waals surface area contributed by atoms with Gasteiger partial charge in [0.2, 0.25) is 40.5 Å². The first-order valence-electron chi connectivity index (χ1n) is 9.92. The van der Waals surface area contributed by atoms with Gasteiger partial charge in [-0.25, -0.2) is 41.1 Å². The molecule has 0 amide bonds. The molecule has 0 aromatic heterocycles. The van der Waals surface area contributed by atoms with E-state index in [0.29, 0.717) is 0 Å². The van der Waals surface area contributed by atoms with Crippen LogP contribution in [-0.2, 0) is 0 Å². The van der Waals surface area contributed by atoms with Crippen LogP contribution in [0.5, 0.6) is 23.0 Å². The van der Waals surface area contributed by atoms with Gasteiger partial charge in [-0.05, 0) is 0 Å². The monoisotopic (exact) mass is 634 g/mol. The van der Waals surface area contributed by atoms with Crippen LogP contribution in [0.4, 0.5) is 39.5 Å². The molecule has 0 aliphatic rings. The molecule has 3 rings (SSSR count). The quantitative estimate of drug-likeness (QED) is 0.171. The van der Waals surface area contributed by atoms with Crippen LogP contribution in [0.3, 0.4) is 0 Å². The number of aromatic carboxylic acids is 4. The molecular weight excluding hydrogens is 631 g/mol. The molecule has 3 aromatic carbocycles. The Balaban J connectivity index is 2.26. The minimum absolute atomic E-state index is 1.94. The number of halogens is 10. The summed E-state index contributed by atoms with van der Waals surface area (Å²) >= 11 is 5.41. The Bertz CT molecular complexity index is 1600. The Morgan fingerprint density at radius 2 is 0.643 bits per heavy atom. The van der Waals surface area contributed by atoms with Crippen molar-refractivity contribution in [3.63, 3.8) is 0 Å². The highest BCUT2D eigenvalue weighted by molar-refractivity contribution is 6.32. The maximum absolute atomic E-state index is 14.9. The number of hydrogen-bond acceptors (Lipinski definition) is 6. The van der Waals surface area contributed by atoms with Crippen LogP contribution < -0.4 is 9.47 Å². The van der Waals surface area contributed by atoms with Crippen molar-refractivity contribution < 1.29 is 88.6 Å². The molecule has 222 valence electrons. The van der Waals surface area contributed by atoms with Gasteiger partial charge < -0.3 is 29.9 Å². The molecule has 4 N–H and O–H groups in total. The molecule has 0 aliphatic carbocycles. The molecule has 0 spiro atoms. The van der Waals surface area contributed by atoms with Gasteiger partial charge in [0.15, 0.2) is 34.8 Å². The van der Waals surface area contributed by atoms with Crippen molar-refractivity contribution in [1.82, 2.24) is 0 Å². The average molecular weight is 635 g/mol. The number of carboxylic acids is 4. The van der Waals surface area contributed by atoms with Crippen LogP contribution in [0.25, 0.3) is 0 Å². The van der Waals surface area contributed by atoms with Crippen molar-refractivity contribution in [1.29, 1.82) is 0 Å². The van der Waals surface area contributed by atoms with Crippen LogP contribution in [0.1, 0.15) is 41.4 Å². The molecule has 0 aliphatic heterocycles. The van der Waals surface area contributed by atoms with Crippen molar-refractivity contribution in [2.45, 2.75) is 0 Å². The van der Waals surface area contributed by atoms with Crippen LogP contribution in [-0.4, -0.2) is 44.3 Å². The van der Waals surface area contributed by atoms with Crippen LogP contribution in [0, 0.1) is 52.4 Å². The smallest absolute Gasteiger partial charge is 0.339 e. The summed E-state index contributed by atoms with van der Waals surface area (Å²) in [5.41, 5.74) is -8.38. The summed E-state index contributed by atoms with van der Waals surface area (Å²) in [7, 11) is 0. The van der Waals surface area contributed by atoms with Crippen molar-refractivity contribution in [2.75, 3.05) is 0 Å². The van der Waals surface area contributed by atoms with Gasteiger partial charge in [0.1, 0.15) is 27.3 Å². The number of carboxylic acid groups (broad SMARTS) is 4. The SMILES string of the molecule is O=C(O)c1c(F)c(F)c(Oc2c(F)c(F)c(Oc3c(F)c(F)c(C(=O)O)c(C(=O)O)c3F)c(Cl)c2F)c(F)c1C(=O)O. The predicted molar refractivity (Wildman–Crippen MR) is 112 cm³/mol. The molecular formula is C22H4ClF9O10. The fourth-order valence-electron chi connectivity index (χ4n) is 3.23. The van der Waals surface area contributed by atoms with Crippen LogP contribution in [0.2, 0.25) is 5.02 Å². The summed E-state index contributed by atoms with van der Waals surface area (Å²) in [5, 5.41) is 33.8. The lowest BCUT2D eigenvalue weighted by Crippen LogP contribution is -2.17. The average Bonchev–Trinajstić information content (AvgIpc) is 2.89. The number of rotatable bonds is 8. The first-order chi connectivity index (χ1) is 19.4. The summed E-state index contributed by atoms with van der Waals surface area (Å²) < 4.78 is 139. The van der Waals surface area contributed by atoms with Gasteiger partial charge in [-0.3, -0.25) is 0 Å². The fourth-order valence-corrected chi connectivity index (χ4v) is 3.44. The van der Waals surface area contributed by atoms with Gasteiger partial charge >= 0.3 is 23.9 Å². The molecule has 0 fully saturated rings. The molecule has 0 radical (unpaired) electrons. The van der Waals surface area contributed by atoms with E-state index in [9.17, 15) is 58.7 Å². The van der Waals surface area contributed by atoms with E-state index in [1.54, 1.807) is 0 Å². The van der Waals surface area contributed by atoms with Crippen LogP contribution >= 0.6 is 11.6 Å². The van der Waals surface area contributed by atoms with E-state index < -0.39 is 127 Å². The molecule has 42 heavy (non-hydrogen) atoms. The zero-order chi connectivity index (χ0) is 32.1. The Morgan fingerprint density at radius 3 is 0.976 bits per heavy atom. The summed E-state index contributed by atoms with van der Waals surface area (Å²) in [4.78, 5) is 44.6. The third kappa shape index (κ3) is 4.82. The Morgan fingerprint density at radius 1 is 0.405 bits per heavy atom. The topological polar surface area (TPSA) is 168 Å². The largest absolute Gasteiger partial charge is 0.478 e. The summed E-state index contributed by atoms with van der Waals surface area (Å²) in [6, 6.07) is 0. The third-order valence-electron chi connectivity index (χ3n) is 5.01. The van der Waals surface area contributed by atoms with E-state index in [1.165, 1.54) is 0 Å². The summed E-state index contributed by atoms with van der Waals surface area (Å²) in [6.45, 7) is 0. The maximum Gasteiger partial charge on any atom is 0.339 e. The molecule has 0 saturated carbocycles. The van der Waals surface area contributed by atoms with E-state index in [1.807, 2.05) is 0 Å². The van der Waals surface area contributed by atoms with Crippen molar-refractivity contribution in [2.24, 2.45) is 0 Å². The maximum atomic E-state index is 14.9.